The summed E-state index contributed by atoms with van der Waals surface area (Å²) in [6.45, 7) is 2.25. The average Bonchev–Trinajstić information content (AvgIpc) is 3.35. The van der Waals surface area contributed by atoms with Crippen LogP contribution in [0.15, 0.2) is 65.6 Å². The smallest absolute Gasteiger partial charge is 0.312 e. The average molecular weight is 470 g/mol. The summed E-state index contributed by atoms with van der Waals surface area (Å²) < 4.78 is 32.4. The molecule has 1 atom stereocenters. The summed E-state index contributed by atoms with van der Waals surface area (Å²) in [4.78, 5) is 23.5. The number of nitro groups is 1. The van der Waals surface area contributed by atoms with Gasteiger partial charge in [0.05, 0.1) is 9.82 Å². The van der Waals surface area contributed by atoms with Gasteiger partial charge in [-0.05, 0) is 43.4 Å². The molecule has 172 valence electrons. The molecule has 0 bridgehead atoms. The van der Waals surface area contributed by atoms with Crippen LogP contribution >= 0.6 is 0 Å². The van der Waals surface area contributed by atoms with Crippen LogP contribution in [-0.2, 0) is 14.8 Å². The summed E-state index contributed by atoms with van der Waals surface area (Å²) in [5.41, 5.74) is 0.0789. The van der Waals surface area contributed by atoms with Crippen LogP contribution in [-0.4, -0.2) is 42.7 Å². The maximum atomic E-state index is 12.8. The number of carbonyl (C=O) groups excluding carboxylic acids is 1. The number of sulfonamides is 1. The third-order valence-corrected chi connectivity index (χ3v) is 7.45. The number of nitro benzene ring substituents is 1. The highest BCUT2D eigenvalue weighted by Gasteiger charge is 2.30. The number of hydrogen-bond acceptors (Lipinski definition) is 6. The van der Waals surface area contributed by atoms with Gasteiger partial charge in [-0.3, -0.25) is 14.9 Å². The number of nitrogens with one attached hydrogen (secondary N) is 1. The standard InChI is InChI=1S/C23H23N3O6S/c1-16(23(27)24-20-10-6-8-17-7-2-3-9-19(17)20)32-22-12-11-18(15-21(22)26(28)29)33(30,31)25-13-4-5-14-25/h2-3,6-12,15-16H,4-5,13-14H2,1H3,(H,24,27). The first kappa shape index (κ1) is 22.7. The van der Waals surface area contributed by atoms with E-state index in [2.05, 4.69) is 5.32 Å². The highest BCUT2D eigenvalue weighted by atomic mass is 32.2. The van der Waals surface area contributed by atoms with Gasteiger partial charge in [-0.25, -0.2) is 8.42 Å². The molecule has 1 aliphatic heterocycles. The molecule has 10 heteroatoms. The van der Waals surface area contributed by atoms with Crippen molar-refractivity contribution in [2.24, 2.45) is 0 Å². The van der Waals surface area contributed by atoms with Gasteiger partial charge in [-0.15, -0.1) is 0 Å². The summed E-state index contributed by atoms with van der Waals surface area (Å²) in [6.07, 6.45) is 0.446. The zero-order valence-electron chi connectivity index (χ0n) is 17.9. The van der Waals surface area contributed by atoms with Gasteiger partial charge in [0.1, 0.15) is 0 Å². The lowest BCUT2D eigenvalue weighted by molar-refractivity contribution is -0.386. The Morgan fingerprint density at radius 3 is 2.52 bits per heavy atom. The summed E-state index contributed by atoms with van der Waals surface area (Å²) >= 11 is 0. The maximum Gasteiger partial charge on any atom is 0.312 e. The second-order valence-electron chi connectivity index (χ2n) is 7.77. The van der Waals surface area contributed by atoms with Crippen LogP contribution in [0.4, 0.5) is 11.4 Å². The SMILES string of the molecule is CC(Oc1ccc(S(=O)(=O)N2CCCC2)cc1[N+](=O)[O-])C(=O)Nc1cccc2ccccc12. The highest BCUT2D eigenvalue weighted by Crippen LogP contribution is 2.32. The van der Waals surface area contributed by atoms with Crippen LogP contribution in [0.3, 0.4) is 0 Å². The Labute approximate surface area is 191 Å². The van der Waals surface area contributed by atoms with Crippen molar-refractivity contribution in [1.29, 1.82) is 0 Å². The molecule has 1 heterocycles. The molecule has 1 unspecified atom stereocenters. The molecular weight excluding hydrogens is 446 g/mol. The number of hydrogen-bond donors (Lipinski definition) is 1. The van der Waals surface area contributed by atoms with Gasteiger partial charge < -0.3 is 10.1 Å². The minimum absolute atomic E-state index is 0.170. The van der Waals surface area contributed by atoms with Crippen molar-refractivity contribution in [3.63, 3.8) is 0 Å². The number of nitrogens with zero attached hydrogens (tertiary/aromatic N) is 2. The number of ether oxygens (including phenoxy) is 1. The predicted octanol–water partition coefficient (Wildman–Crippen LogP) is 3.94. The summed E-state index contributed by atoms with van der Waals surface area (Å²) in [5, 5.41) is 16.2. The first-order valence-corrected chi connectivity index (χ1v) is 12.0. The second kappa shape index (κ2) is 9.16. The predicted molar refractivity (Wildman–Crippen MR) is 124 cm³/mol. The Kier molecular flexibility index (Phi) is 6.30. The zero-order valence-corrected chi connectivity index (χ0v) is 18.7. The lowest BCUT2D eigenvalue weighted by atomic mass is 10.1. The molecule has 3 aromatic carbocycles. The van der Waals surface area contributed by atoms with Crippen molar-refractivity contribution in [3.8, 4) is 5.75 Å². The third kappa shape index (κ3) is 4.67. The maximum absolute atomic E-state index is 12.8. The van der Waals surface area contributed by atoms with Crippen molar-refractivity contribution in [2.45, 2.75) is 30.8 Å². The molecule has 1 fully saturated rings. The van der Waals surface area contributed by atoms with Crippen molar-refractivity contribution in [3.05, 3.63) is 70.8 Å². The fourth-order valence-corrected chi connectivity index (χ4v) is 5.33. The number of carbonyl (C=O) groups is 1. The molecule has 3 aromatic rings. The van der Waals surface area contributed by atoms with Crippen LogP contribution in [0.25, 0.3) is 10.8 Å². The summed E-state index contributed by atoms with van der Waals surface area (Å²) in [7, 11) is -3.82. The number of amides is 1. The van der Waals surface area contributed by atoms with Crippen LogP contribution < -0.4 is 10.1 Å². The van der Waals surface area contributed by atoms with E-state index in [1.165, 1.54) is 23.4 Å². The molecule has 1 aliphatic rings. The van der Waals surface area contributed by atoms with Gasteiger partial charge in [-0.2, -0.15) is 4.31 Å². The monoisotopic (exact) mass is 469 g/mol. The molecule has 1 saturated heterocycles. The molecule has 1 amide bonds. The Balaban J connectivity index is 1.55. The van der Waals surface area contributed by atoms with Crippen LogP contribution in [0.5, 0.6) is 5.75 Å². The van der Waals surface area contributed by atoms with Crippen molar-refractivity contribution >= 4 is 38.1 Å². The molecule has 0 aromatic heterocycles. The molecule has 0 saturated carbocycles. The molecule has 0 aliphatic carbocycles. The van der Waals surface area contributed by atoms with Crippen LogP contribution in [0.1, 0.15) is 19.8 Å². The molecule has 0 radical (unpaired) electrons. The quantitative estimate of drug-likeness (QED) is 0.414. The zero-order chi connectivity index (χ0) is 23.6. The Morgan fingerprint density at radius 1 is 1.09 bits per heavy atom. The number of rotatable bonds is 7. The van der Waals surface area contributed by atoms with Crippen molar-refractivity contribution < 1.29 is 22.9 Å². The lowest BCUT2D eigenvalue weighted by Crippen LogP contribution is -2.30. The van der Waals surface area contributed by atoms with E-state index in [9.17, 15) is 23.3 Å². The fraction of sp³-hybridized carbons (Fsp3) is 0.261. The van der Waals surface area contributed by atoms with Crippen molar-refractivity contribution in [2.75, 3.05) is 18.4 Å². The topological polar surface area (TPSA) is 119 Å². The summed E-state index contributed by atoms with van der Waals surface area (Å²) in [6, 6.07) is 16.5. The van der Waals surface area contributed by atoms with Crippen molar-refractivity contribution in [1.82, 2.24) is 4.31 Å². The molecule has 9 nitrogen and oxygen atoms in total. The fourth-order valence-electron chi connectivity index (χ4n) is 3.79. The molecule has 4 rings (SSSR count). The molecular formula is C23H23N3O6S. The van der Waals surface area contributed by atoms with Gasteiger partial charge in [-0.1, -0.05) is 36.4 Å². The number of anilines is 1. The van der Waals surface area contributed by atoms with E-state index >= 15 is 0 Å². The normalized spacial score (nSPS) is 15.3. The first-order chi connectivity index (χ1) is 15.8. The van der Waals surface area contributed by atoms with E-state index in [0.717, 1.165) is 29.7 Å². The number of benzene rings is 3. The van der Waals surface area contributed by atoms with Gasteiger partial charge in [0, 0.05) is 30.2 Å². The van der Waals surface area contributed by atoms with Gasteiger partial charge in [0.25, 0.3) is 5.91 Å². The third-order valence-electron chi connectivity index (χ3n) is 5.55. The van der Waals surface area contributed by atoms with Gasteiger partial charge in [0.15, 0.2) is 11.9 Å². The van der Waals surface area contributed by atoms with Gasteiger partial charge in [0.2, 0.25) is 10.0 Å². The minimum Gasteiger partial charge on any atom is -0.474 e. The molecule has 0 spiro atoms. The van der Waals surface area contributed by atoms with E-state index in [0.29, 0.717) is 18.8 Å². The Morgan fingerprint density at radius 2 is 1.79 bits per heavy atom. The second-order valence-corrected chi connectivity index (χ2v) is 9.71. The van der Waals surface area contributed by atoms with E-state index in [1.807, 2.05) is 36.4 Å². The molecule has 1 N–H and O–H groups in total. The van der Waals surface area contributed by atoms with E-state index in [-0.39, 0.29) is 10.6 Å². The van der Waals surface area contributed by atoms with Crippen LogP contribution in [0.2, 0.25) is 0 Å². The number of fused-ring (bicyclic) bond motifs is 1. The lowest BCUT2D eigenvalue weighted by Gasteiger charge is -2.18. The van der Waals surface area contributed by atoms with Crippen LogP contribution in [0, 0.1) is 10.1 Å². The molecule has 33 heavy (non-hydrogen) atoms. The van der Waals surface area contributed by atoms with E-state index in [4.69, 9.17) is 4.74 Å². The van der Waals surface area contributed by atoms with E-state index < -0.39 is 32.6 Å². The van der Waals surface area contributed by atoms with E-state index in [1.54, 1.807) is 6.07 Å². The highest BCUT2D eigenvalue weighted by molar-refractivity contribution is 7.89. The first-order valence-electron chi connectivity index (χ1n) is 10.5. The Hall–Kier alpha value is -3.50. The minimum atomic E-state index is -3.82. The Bertz CT molecular complexity index is 1310. The summed E-state index contributed by atoms with van der Waals surface area (Å²) in [5.74, 6) is -0.671. The largest absolute Gasteiger partial charge is 0.474 e. The van der Waals surface area contributed by atoms with Gasteiger partial charge >= 0.3 is 5.69 Å².